The maximum Gasteiger partial charge on any atom is 0.255 e. The minimum atomic E-state index is -1.04. The van der Waals surface area contributed by atoms with E-state index in [9.17, 15) is 9.90 Å². The predicted molar refractivity (Wildman–Crippen MR) is 153 cm³/mol. The molecule has 0 bridgehead atoms. The van der Waals surface area contributed by atoms with Crippen LogP contribution in [-0.4, -0.2) is 48.7 Å². The zero-order valence-electron chi connectivity index (χ0n) is 21.5. The summed E-state index contributed by atoms with van der Waals surface area (Å²) in [6, 6.07) is 20.9. The molecule has 198 valence electrons. The topological polar surface area (TPSA) is 79.0 Å². The molecule has 3 aromatic carbocycles. The summed E-state index contributed by atoms with van der Waals surface area (Å²) in [6.45, 7) is 6.01. The van der Waals surface area contributed by atoms with Crippen molar-refractivity contribution in [3.8, 4) is 17.6 Å². The van der Waals surface area contributed by atoms with Crippen LogP contribution < -0.4 is 15.4 Å². The lowest BCUT2D eigenvalue weighted by Gasteiger charge is -2.45. The molecule has 0 saturated carbocycles. The smallest absolute Gasteiger partial charge is 0.255 e. The van der Waals surface area contributed by atoms with Crippen molar-refractivity contribution in [1.82, 2.24) is 4.90 Å². The summed E-state index contributed by atoms with van der Waals surface area (Å²) in [6.07, 6.45) is 0. The lowest BCUT2D eigenvalue weighted by Crippen LogP contribution is -2.52. The average molecular weight is 553 g/mol. The first-order valence-electron chi connectivity index (χ1n) is 12.4. The molecule has 0 unspecified atom stereocenters. The lowest BCUT2D eigenvalue weighted by molar-refractivity contribution is -0.119. The van der Waals surface area contributed by atoms with Gasteiger partial charge in [-0.1, -0.05) is 53.4 Å². The number of aliphatic hydroxyl groups is 1. The largest absolute Gasteiger partial charge is 0.484 e. The van der Waals surface area contributed by atoms with Gasteiger partial charge in [0.1, 0.15) is 5.75 Å². The van der Waals surface area contributed by atoms with Gasteiger partial charge in [-0.15, -0.1) is 5.92 Å². The van der Waals surface area contributed by atoms with E-state index in [0.29, 0.717) is 35.4 Å². The second-order valence-corrected chi connectivity index (χ2v) is 10.4. The lowest BCUT2D eigenvalue weighted by atomic mass is 9.93. The van der Waals surface area contributed by atoms with Crippen LogP contribution in [0, 0.1) is 11.8 Å². The van der Waals surface area contributed by atoms with E-state index in [4.69, 9.17) is 33.7 Å². The third-order valence-corrected chi connectivity index (χ3v) is 7.19. The highest BCUT2D eigenvalue weighted by Crippen LogP contribution is 2.38. The number of rotatable bonds is 8. The van der Waals surface area contributed by atoms with Crippen LogP contribution in [0.3, 0.4) is 0 Å². The molecule has 1 heterocycles. The first kappa shape index (κ1) is 27.8. The molecular formula is C30H31Cl2N3O3. The Morgan fingerprint density at radius 1 is 1.11 bits per heavy atom. The Kier molecular flexibility index (Phi) is 8.86. The van der Waals surface area contributed by atoms with Crippen molar-refractivity contribution in [3.63, 3.8) is 0 Å². The van der Waals surface area contributed by atoms with Gasteiger partial charge in [0.15, 0.2) is 6.61 Å². The summed E-state index contributed by atoms with van der Waals surface area (Å²) in [5, 5.41) is 12.6. The fourth-order valence-electron chi connectivity index (χ4n) is 4.79. The van der Waals surface area contributed by atoms with Crippen molar-refractivity contribution in [2.24, 2.45) is 5.73 Å². The number of anilines is 1. The highest BCUT2D eigenvalue weighted by molar-refractivity contribution is 6.33. The number of nitrogens with two attached hydrogens (primary N) is 1. The molecule has 6 nitrogen and oxygen atoms in total. The Morgan fingerprint density at radius 2 is 1.82 bits per heavy atom. The molecule has 0 spiro atoms. The molecule has 3 aromatic rings. The van der Waals surface area contributed by atoms with Gasteiger partial charge in [-0.2, -0.15) is 0 Å². The van der Waals surface area contributed by atoms with Crippen LogP contribution in [-0.2, 0) is 10.4 Å². The summed E-state index contributed by atoms with van der Waals surface area (Å²) in [5.41, 5.74) is 7.87. The Hall–Kier alpha value is -3.21. The van der Waals surface area contributed by atoms with E-state index in [1.54, 1.807) is 19.1 Å². The summed E-state index contributed by atoms with van der Waals surface area (Å²) in [7, 11) is 0. The summed E-state index contributed by atoms with van der Waals surface area (Å²) in [5.74, 6) is 5.87. The monoisotopic (exact) mass is 551 g/mol. The summed E-state index contributed by atoms with van der Waals surface area (Å²) >= 11 is 12.9. The second kappa shape index (κ2) is 12.1. The number of piperazine rings is 1. The molecule has 0 aliphatic carbocycles. The van der Waals surface area contributed by atoms with Crippen LogP contribution in [0.2, 0.25) is 10.0 Å². The van der Waals surface area contributed by atoms with Gasteiger partial charge in [-0.3, -0.25) is 9.69 Å². The van der Waals surface area contributed by atoms with Gasteiger partial charge in [0.2, 0.25) is 0 Å². The first-order chi connectivity index (χ1) is 18.2. The molecule has 1 saturated heterocycles. The van der Waals surface area contributed by atoms with E-state index in [0.717, 1.165) is 28.9 Å². The number of carbonyl (C=O) groups excluding carboxylic acids is 1. The highest BCUT2D eigenvalue weighted by atomic mass is 35.5. The molecule has 8 heteroatoms. The standard InChI is InChI=1S/C30H31Cl2N3O3/c1-3-4-21-5-9-23(10-6-21)30(2,37)20-34-15-16-35(28(18-34)22-7-11-24(31)12-8-22)27-14-13-25(17-26(27)32)38-19-29(33)36/h5-14,17,28,37H,15-16,18-20H2,1-2H3,(H2,33,36)/t28-,30+/m0/s1. The SMILES string of the molecule is CC#Cc1ccc([C@](C)(O)CN2CCN(c3ccc(OCC(N)=O)cc3Cl)[C@H](c3ccc(Cl)cc3)C2)cc1. The molecule has 0 radical (unpaired) electrons. The molecule has 1 aliphatic heterocycles. The maximum atomic E-state index is 11.4. The van der Waals surface area contributed by atoms with Crippen LogP contribution in [0.15, 0.2) is 66.7 Å². The third-order valence-electron chi connectivity index (χ3n) is 6.64. The van der Waals surface area contributed by atoms with E-state index >= 15 is 0 Å². The van der Waals surface area contributed by atoms with Crippen molar-refractivity contribution in [2.45, 2.75) is 25.5 Å². The molecule has 1 fully saturated rings. The van der Waals surface area contributed by atoms with Crippen LogP contribution in [0.4, 0.5) is 5.69 Å². The van der Waals surface area contributed by atoms with E-state index < -0.39 is 11.5 Å². The molecule has 0 aromatic heterocycles. The number of nitrogens with zero attached hydrogens (tertiary/aromatic N) is 2. The number of ether oxygens (including phenoxy) is 1. The van der Waals surface area contributed by atoms with Gasteiger partial charge in [-0.25, -0.2) is 0 Å². The Balaban J connectivity index is 1.57. The number of hydrogen-bond acceptors (Lipinski definition) is 5. The highest BCUT2D eigenvalue weighted by Gasteiger charge is 2.34. The van der Waals surface area contributed by atoms with E-state index in [1.807, 2.05) is 61.5 Å². The van der Waals surface area contributed by atoms with Crippen molar-refractivity contribution >= 4 is 34.8 Å². The number of β-amino-alcohol motifs (C(OH)–C–C–N with tert-alkyl or cyclic N) is 1. The van der Waals surface area contributed by atoms with Crippen molar-refractivity contribution in [2.75, 3.05) is 37.7 Å². The van der Waals surface area contributed by atoms with Gasteiger partial charge >= 0.3 is 0 Å². The van der Waals surface area contributed by atoms with Crippen molar-refractivity contribution in [1.29, 1.82) is 0 Å². The summed E-state index contributed by atoms with van der Waals surface area (Å²) in [4.78, 5) is 15.6. The number of amides is 1. The molecule has 2 atom stereocenters. The van der Waals surface area contributed by atoms with Gasteiger partial charge in [0, 0.05) is 42.8 Å². The zero-order valence-corrected chi connectivity index (χ0v) is 23.0. The fourth-order valence-corrected chi connectivity index (χ4v) is 5.20. The number of halogens is 2. The number of carbonyl (C=O) groups is 1. The average Bonchev–Trinajstić information content (AvgIpc) is 2.88. The van der Waals surface area contributed by atoms with Crippen LogP contribution in [0.25, 0.3) is 0 Å². The van der Waals surface area contributed by atoms with Crippen LogP contribution >= 0.6 is 23.2 Å². The minimum absolute atomic E-state index is 0.0334. The second-order valence-electron chi connectivity index (χ2n) is 9.59. The Morgan fingerprint density at radius 3 is 2.45 bits per heavy atom. The van der Waals surface area contributed by atoms with Crippen LogP contribution in [0.1, 0.15) is 36.6 Å². The van der Waals surface area contributed by atoms with Gasteiger partial charge in [-0.05, 0) is 61.4 Å². The predicted octanol–water partition coefficient (Wildman–Crippen LogP) is 5.00. The number of hydrogen-bond donors (Lipinski definition) is 2. The first-order valence-corrected chi connectivity index (χ1v) is 13.1. The molecule has 3 N–H and O–H groups in total. The molecule has 4 rings (SSSR count). The molecule has 1 amide bonds. The summed E-state index contributed by atoms with van der Waals surface area (Å²) < 4.78 is 5.41. The van der Waals surface area contributed by atoms with Crippen molar-refractivity contribution in [3.05, 3.63) is 93.5 Å². The fraction of sp³-hybridized carbons (Fsp3) is 0.300. The number of primary amides is 1. The van der Waals surface area contributed by atoms with Crippen LogP contribution in [0.5, 0.6) is 5.75 Å². The van der Waals surface area contributed by atoms with Gasteiger partial charge in [0.05, 0.1) is 22.4 Å². The third kappa shape index (κ3) is 6.80. The number of benzene rings is 3. The van der Waals surface area contributed by atoms with E-state index in [1.165, 1.54) is 0 Å². The zero-order chi connectivity index (χ0) is 27.3. The Labute approximate surface area is 233 Å². The molecule has 38 heavy (non-hydrogen) atoms. The van der Waals surface area contributed by atoms with E-state index in [-0.39, 0.29) is 12.6 Å². The van der Waals surface area contributed by atoms with Gasteiger partial charge < -0.3 is 20.5 Å². The quantitative estimate of drug-likeness (QED) is 0.385. The maximum absolute atomic E-state index is 11.4. The van der Waals surface area contributed by atoms with E-state index in [2.05, 4.69) is 21.6 Å². The van der Waals surface area contributed by atoms with Crippen molar-refractivity contribution < 1.29 is 14.6 Å². The van der Waals surface area contributed by atoms with Gasteiger partial charge in [0.25, 0.3) is 5.91 Å². The molecular weight excluding hydrogens is 521 g/mol. The normalized spacial score (nSPS) is 17.3. The minimum Gasteiger partial charge on any atom is -0.484 e. The Bertz CT molecular complexity index is 1330. The molecule has 1 aliphatic rings.